The van der Waals surface area contributed by atoms with Gasteiger partial charge in [0.1, 0.15) is 0 Å². The summed E-state index contributed by atoms with van der Waals surface area (Å²) in [5.74, 6) is 0. The van der Waals surface area contributed by atoms with Crippen molar-refractivity contribution in [2.45, 2.75) is 33.7 Å². The van der Waals surface area contributed by atoms with Gasteiger partial charge >= 0.3 is 0 Å². The van der Waals surface area contributed by atoms with E-state index in [0.717, 1.165) is 26.1 Å². The summed E-state index contributed by atoms with van der Waals surface area (Å²) in [6, 6.07) is 4.29. The molecule has 1 aromatic heterocycles. The Labute approximate surface area is 114 Å². The lowest BCUT2D eigenvalue weighted by Crippen LogP contribution is -2.34. The number of rotatable bonds is 7. The van der Waals surface area contributed by atoms with Crippen molar-refractivity contribution >= 4 is 28.5 Å². The number of hydrogen-bond acceptors (Lipinski definition) is 3. The Morgan fingerprint density at radius 3 is 2.71 bits per heavy atom. The monoisotopic (exact) mass is 270 g/mol. The van der Waals surface area contributed by atoms with E-state index in [-0.39, 0.29) is 5.41 Å². The van der Waals surface area contributed by atoms with Gasteiger partial charge in [0.25, 0.3) is 0 Å². The van der Waals surface area contributed by atoms with Gasteiger partial charge in [0.15, 0.2) is 0 Å². The molecule has 0 saturated carbocycles. The largest absolute Gasteiger partial charge is 0.393 e. The standard InChI is InChI=1S/C13H22N2S2/c1-4-15(10-11-6-5-9-17-11)8-7-13(2,3)12(14)16/h5-6,9H,4,7-8,10H2,1-3H3,(H2,14,16). The summed E-state index contributed by atoms with van der Waals surface area (Å²) in [6.45, 7) is 9.57. The van der Waals surface area contributed by atoms with Crippen LogP contribution in [0.5, 0.6) is 0 Å². The van der Waals surface area contributed by atoms with Gasteiger partial charge in [0.2, 0.25) is 0 Å². The maximum Gasteiger partial charge on any atom is 0.0784 e. The van der Waals surface area contributed by atoms with E-state index >= 15 is 0 Å². The van der Waals surface area contributed by atoms with E-state index in [1.54, 1.807) is 0 Å². The van der Waals surface area contributed by atoms with Crippen molar-refractivity contribution in [3.63, 3.8) is 0 Å². The lowest BCUT2D eigenvalue weighted by Gasteiger charge is -2.27. The molecule has 1 rings (SSSR count). The van der Waals surface area contributed by atoms with Gasteiger partial charge in [-0.05, 0) is 31.0 Å². The number of thiocarbonyl (C=S) groups is 1. The van der Waals surface area contributed by atoms with Crippen LogP contribution in [0.15, 0.2) is 17.5 Å². The molecule has 0 spiro atoms. The van der Waals surface area contributed by atoms with Crippen LogP contribution >= 0.6 is 23.6 Å². The van der Waals surface area contributed by atoms with Crippen molar-refractivity contribution in [3.8, 4) is 0 Å². The van der Waals surface area contributed by atoms with Crippen LogP contribution in [0.25, 0.3) is 0 Å². The molecule has 0 unspecified atom stereocenters. The molecule has 1 heterocycles. The molecule has 0 fully saturated rings. The van der Waals surface area contributed by atoms with Crippen LogP contribution in [-0.2, 0) is 6.54 Å². The van der Waals surface area contributed by atoms with Crippen LogP contribution in [0.3, 0.4) is 0 Å². The summed E-state index contributed by atoms with van der Waals surface area (Å²) in [5, 5.41) is 2.13. The van der Waals surface area contributed by atoms with Crippen LogP contribution in [0.4, 0.5) is 0 Å². The van der Waals surface area contributed by atoms with E-state index in [2.05, 4.69) is 43.2 Å². The molecule has 0 aliphatic heterocycles. The molecule has 2 N–H and O–H groups in total. The molecule has 0 radical (unpaired) electrons. The summed E-state index contributed by atoms with van der Waals surface area (Å²) >= 11 is 6.91. The third-order valence-electron chi connectivity index (χ3n) is 3.13. The fourth-order valence-electron chi connectivity index (χ4n) is 1.53. The Balaban J connectivity index is 2.45. The average molecular weight is 270 g/mol. The fourth-order valence-corrected chi connectivity index (χ4v) is 2.38. The van der Waals surface area contributed by atoms with Crippen molar-refractivity contribution in [2.24, 2.45) is 11.1 Å². The van der Waals surface area contributed by atoms with E-state index in [4.69, 9.17) is 18.0 Å². The van der Waals surface area contributed by atoms with Gasteiger partial charge < -0.3 is 5.73 Å². The molecule has 0 bridgehead atoms. The molecule has 0 aliphatic rings. The molecule has 0 saturated heterocycles. The number of nitrogens with zero attached hydrogens (tertiary/aromatic N) is 1. The van der Waals surface area contributed by atoms with Crippen LogP contribution in [0.1, 0.15) is 32.1 Å². The minimum Gasteiger partial charge on any atom is -0.393 e. The van der Waals surface area contributed by atoms with E-state index in [9.17, 15) is 0 Å². The second kappa shape index (κ2) is 6.47. The maximum absolute atomic E-state index is 5.75. The summed E-state index contributed by atoms with van der Waals surface area (Å²) in [6.07, 6.45) is 1.02. The first kappa shape index (κ1) is 14.6. The molecule has 2 nitrogen and oxygen atoms in total. The molecular weight excluding hydrogens is 248 g/mol. The first-order valence-electron chi connectivity index (χ1n) is 6.00. The fraction of sp³-hybridized carbons (Fsp3) is 0.615. The Morgan fingerprint density at radius 1 is 1.53 bits per heavy atom. The zero-order valence-electron chi connectivity index (χ0n) is 10.9. The third-order valence-corrected chi connectivity index (χ3v) is 4.54. The smallest absolute Gasteiger partial charge is 0.0784 e. The van der Waals surface area contributed by atoms with Gasteiger partial charge in [-0.2, -0.15) is 0 Å². The Hall–Kier alpha value is -0.450. The summed E-state index contributed by atoms with van der Waals surface area (Å²) in [7, 11) is 0. The normalized spacial score (nSPS) is 12.0. The summed E-state index contributed by atoms with van der Waals surface area (Å²) < 4.78 is 0. The van der Waals surface area contributed by atoms with Crippen LogP contribution in [-0.4, -0.2) is 23.0 Å². The Kier molecular flexibility index (Phi) is 5.56. The summed E-state index contributed by atoms with van der Waals surface area (Å²) in [4.78, 5) is 4.47. The molecule has 0 aliphatic carbocycles. The highest BCUT2D eigenvalue weighted by Crippen LogP contribution is 2.22. The SMILES string of the molecule is CCN(CCC(C)(C)C(N)=S)Cc1cccs1. The number of thiophene rings is 1. The average Bonchev–Trinajstić information content (AvgIpc) is 2.76. The lowest BCUT2D eigenvalue weighted by atomic mass is 9.89. The molecule has 0 amide bonds. The quantitative estimate of drug-likeness (QED) is 0.771. The Morgan fingerprint density at radius 2 is 2.24 bits per heavy atom. The predicted molar refractivity (Wildman–Crippen MR) is 80.5 cm³/mol. The van der Waals surface area contributed by atoms with E-state index in [1.165, 1.54) is 4.88 Å². The second-order valence-electron chi connectivity index (χ2n) is 4.95. The van der Waals surface area contributed by atoms with Gasteiger partial charge in [0.05, 0.1) is 4.99 Å². The van der Waals surface area contributed by atoms with E-state index in [1.807, 2.05) is 11.3 Å². The molecule has 0 aromatic carbocycles. The summed E-state index contributed by atoms with van der Waals surface area (Å²) in [5.41, 5.74) is 5.71. The second-order valence-corrected chi connectivity index (χ2v) is 6.42. The molecule has 96 valence electrons. The minimum absolute atomic E-state index is 0.0434. The molecular formula is C13H22N2S2. The highest BCUT2D eigenvalue weighted by Gasteiger charge is 2.22. The molecule has 4 heteroatoms. The highest BCUT2D eigenvalue weighted by atomic mass is 32.1. The van der Waals surface area contributed by atoms with Gasteiger partial charge in [-0.25, -0.2) is 0 Å². The van der Waals surface area contributed by atoms with Crippen molar-refractivity contribution < 1.29 is 0 Å². The van der Waals surface area contributed by atoms with Crippen molar-refractivity contribution in [1.29, 1.82) is 0 Å². The minimum atomic E-state index is -0.0434. The molecule has 0 atom stereocenters. The van der Waals surface area contributed by atoms with Gasteiger partial charge in [0, 0.05) is 16.8 Å². The van der Waals surface area contributed by atoms with Crippen molar-refractivity contribution in [3.05, 3.63) is 22.4 Å². The van der Waals surface area contributed by atoms with Crippen molar-refractivity contribution in [2.75, 3.05) is 13.1 Å². The number of nitrogens with two attached hydrogens (primary N) is 1. The first-order chi connectivity index (χ1) is 7.95. The third kappa shape index (κ3) is 4.74. The number of hydrogen-bond donors (Lipinski definition) is 1. The van der Waals surface area contributed by atoms with Gasteiger partial charge in [-0.3, -0.25) is 4.90 Å². The highest BCUT2D eigenvalue weighted by molar-refractivity contribution is 7.80. The van der Waals surface area contributed by atoms with E-state index in [0.29, 0.717) is 4.99 Å². The topological polar surface area (TPSA) is 29.3 Å². The Bertz CT molecular complexity index is 344. The van der Waals surface area contributed by atoms with Crippen molar-refractivity contribution in [1.82, 2.24) is 4.90 Å². The first-order valence-corrected chi connectivity index (χ1v) is 7.29. The van der Waals surface area contributed by atoms with Crippen LogP contribution in [0.2, 0.25) is 0 Å². The molecule has 17 heavy (non-hydrogen) atoms. The zero-order chi connectivity index (χ0) is 12.9. The van der Waals surface area contributed by atoms with Crippen LogP contribution in [0, 0.1) is 5.41 Å². The van der Waals surface area contributed by atoms with Gasteiger partial charge in [-0.15, -0.1) is 11.3 Å². The predicted octanol–water partition coefficient (Wildman–Crippen LogP) is 3.27. The van der Waals surface area contributed by atoms with Crippen LogP contribution < -0.4 is 5.73 Å². The maximum atomic E-state index is 5.75. The lowest BCUT2D eigenvalue weighted by molar-refractivity contribution is 0.251. The van der Waals surface area contributed by atoms with E-state index < -0.39 is 0 Å². The molecule has 1 aromatic rings. The van der Waals surface area contributed by atoms with Gasteiger partial charge in [-0.1, -0.05) is 39.1 Å². The zero-order valence-corrected chi connectivity index (χ0v) is 12.5.